The van der Waals surface area contributed by atoms with Crippen molar-refractivity contribution in [2.75, 3.05) is 11.4 Å². The Morgan fingerprint density at radius 1 is 1.10 bits per heavy atom. The molecule has 0 aliphatic carbocycles. The Hall–Kier alpha value is -3.15. The summed E-state index contributed by atoms with van der Waals surface area (Å²) in [6.07, 6.45) is 1.02. The minimum atomic E-state index is -0.489. The largest absolute Gasteiger partial charge is 0.463 e. The van der Waals surface area contributed by atoms with Crippen molar-refractivity contribution in [1.29, 1.82) is 0 Å². The second-order valence-corrected chi connectivity index (χ2v) is 7.67. The summed E-state index contributed by atoms with van der Waals surface area (Å²) >= 11 is 0. The number of nitrogens with zero attached hydrogens (tertiary/aromatic N) is 1. The monoisotopic (exact) mass is 408 g/mol. The summed E-state index contributed by atoms with van der Waals surface area (Å²) in [5.41, 5.74) is 3.21. The average Bonchev–Trinajstić information content (AvgIpc) is 3.16. The number of nitrogens with one attached hydrogen (secondary N) is 1. The van der Waals surface area contributed by atoms with Crippen LogP contribution in [0.25, 0.3) is 0 Å². The maximum atomic E-state index is 13.0. The molecule has 0 fully saturated rings. The van der Waals surface area contributed by atoms with Gasteiger partial charge in [-0.15, -0.1) is 0 Å². The summed E-state index contributed by atoms with van der Waals surface area (Å²) in [4.78, 5) is 39.0. The molecular weight excluding hydrogens is 380 g/mol. The number of carbonyl (C=O) groups is 3. The van der Waals surface area contributed by atoms with Crippen LogP contribution >= 0.6 is 0 Å². The van der Waals surface area contributed by atoms with E-state index in [2.05, 4.69) is 5.32 Å². The summed E-state index contributed by atoms with van der Waals surface area (Å²) in [6, 6.07) is 14.3. The molecule has 1 aliphatic heterocycles. The van der Waals surface area contributed by atoms with E-state index in [-0.39, 0.29) is 30.3 Å². The van der Waals surface area contributed by atoms with E-state index in [9.17, 15) is 14.4 Å². The van der Waals surface area contributed by atoms with Crippen LogP contribution in [0.5, 0.6) is 0 Å². The van der Waals surface area contributed by atoms with Gasteiger partial charge in [0.05, 0.1) is 18.6 Å². The van der Waals surface area contributed by atoms with Crippen LogP contribution in [0.2, 0.25) is 0 Å². The summed E-state index contributed by atoms with van der Waals surface area (Å²) < 4.78 is 5.27. The fourth-order valence-electron chi connectivity index (χ4n) is 3.65. The second kappa shape index (κ2) is 9.57. The fraction of sp³-hybridized carbons (Fsp3) is 0.375. The first-order chi connectivity index (χ1) is 14.4. The molecule has 0 saturated carbocycles. The molecule has 6 heteroatoms. The standard InChI is InChI=1S/C24H28N2O4/c1-4-22(27)26-13-12-18-14-19(10-11-21(18)26)24(29)25-20(15-23(28)30-16(2)3)17-8-6-5-7-9-17/h5-11,14,16,20H,4,12-13,15H2,1-3H3,(H,25,29)/t20-/m0/s1. The Balaban J connectivity index is 1.77. The minimum Gasteiger partial charge on any atom is -0.463 e. The predicted octanol–water partition coefficient (Wildman–Crippen LogP) is 3.80. The van der Waals surface area contributed by atoms with Crippen molar-refractivity contribution in [1.82, 2.24) is 5.32 Å². The molecule has 0 spiro atoms. The molecule has 3 rings (SSSR count). The zero-order valence-electron chi connectivity index (χ0n) is 17.7. The number of esters is 1. The number of hydrogen-bond acceptors (Lipinski definition) is 4. The number of anilines is 1. The fourth-order valence-corrected chi connectivity index (χ4v) is 3.65. The predicted molar refractivity (Wildman–Crippen MR) is 115 cm³/mol. The maximum Gasteiger partial charge on any atom is 0.308 e. The van der Waals surface area contributed by atoms with Crippen LogP contribution in [-0.4, -0.2) is 30.4 Å². The van der Waals surface area contributed by atoms with E-state index in [1.54, 1.807) is 24.8 Å². The lowest BCUT2D eigenvalue weighted by molar-refractivity contribution is -0.148. The number of fused-ring (bicyclic) bond motifs is 1. The van der Waals surface area contributed by atoms with E-state index in [4.69, 9.17) is 4.74 Å². The van der Waals surface area contributed by atoms with Crippen molar-refractivity contribution in [2.24, 2.45) is 0 Å². The topological polar surface area (TPSA) is 75.7 Å². The molecule has 0 saturated heterocycles. The smallest absolute Gasteiger partial charge is 0.308 e. The molecule has 30 heavy (non-hydrogen) atoms. The molecule has 1 atom stereocenters. The van der Waals surface area contributed by atoms with Gasteiger partial charge in [0.1, 0.15) is 0 Å². The van der Waals surface area contributed by atoms with E-state index in [1.165, 1.54) is 0 Å². The lowest BCUT2D eigenvalue weighted by Gasteiger charge is -2.20. The molecule has 2 aromatic rings. The highest BCUT2D eigenvalue weighted by Gasteiger charge is 2.25. The highest BCUT2D eigenvalue weighted by Crippen LogP contribution is 2.29. The Kier molecular flexibility index (Phi) is 6.87. The minimum absolute atomic E-state index is 0.0532. The van der Waals surface area contributed by atoms with E-state index < -0.39 is 6.04 Å². The Bertz CT molecular complexity index is 924. The van der Waals surface area contributed by atoms with Gasteiger partial charge in [0.2, 0.25) is 5.91 Å². The van der Waals surface area contributed by atoms with Crippen LogP contribution in [0.3, 0.4) is 0 Å². The maximum absolute atomic E-state index is 13.0. The highest BCUT2D eigenvalue weighted by atomic mass is 16.5. The normalized spacial score (nSPS) is 13.7. The van der Waals surface area contributed by atoms with Gasteiger partial charge in [0, 0.05) is 24.2 Å². The summed E-state index contributed by atoms with van der Waals surface area (Å²) in [7, 11) is 0. The zero-order chi connectivity index (χ0) is 21.7. The van der Waals surface area contributed by atoms with Gasteiger partial charge in [-0.1, -0.05) is 37.3 Å². The third-order valence-electron chi connectivity index (χ3n) is 5.09. The number of ether oxygens (including phenoxy) is 1. The van der Waals surface area contributed by atoms with Gasteiger partial charge >= 0.3 is 5.97 Å². The first-order valence-corrected chi connectivity index (χ1v) is 10.4. The van der Waals surface area contributed by atoms with Crippen LogP contribution in [0.1, 0.15) is 61.1 Å². The van der Waals surface area contributed by atoms with Gasteiger partial charge in [-0.05, 0) is 49.6 Å². The lowest BCUT2D eigenvalue weighted by atomic mass is 10.0. The third-order valence-corrected chi connectivity index (χ3v) is 5.09. The van der Waals surface area contributed by atoms with Gasteiger partial charge in [0.25, 0.3) is 5.91 Å². The summed E-state index contributed by atoms with van der Waals surface area (Å²) in [6.45, 7) is 6.08. The Morgan fingerprint density at radius 2 is 1.83 bits per heavy atom. The summed E-state index contributed by atoms with van der Waals surface area (Å²) in [5.74, 6) is -0.537. The van der Waals surface area contributed by atoms with Gasteiger partial charge in [0.15, 0.2) is 0 Å². The number of benzene rings is 2. The number of hydrogen-bond donors (Lipinski definition) is 1. The first-order valence-electron chi connectivity index (χ1n) is 10.4. The van der Waals surface area contributed by atoms with Crippen molar-refractivity contribution < 1.29 is 19.1 Å². The molecule has 0 aromatic heterocycles. The molecule has 158 valence electrons. The third kappa shape index (κ3) is 5.06. The molecule has 6 nitrogen and oxygen atoms in total. The molecule has 0 radical (unpaired) electrons. The molecule has 1 aliphatic rings. The van der Waals surface area contributed by atoms with Crippen molar-refractivity contribution in [3.8, 4) is 0 Å². The van der Waals surface area contributed by atoms with Gasteiger partial charge in [-0.2, -0.15) is 0 Å². The van der Waals surface area contributed by atoms with Crippen molar-refractivity contribution in [3.63, 3.8) is 0 Å². The van der Waals surface area contributed by atoms with Crippen LogP contribution in [0.15, 0.2) is 48.5 Å². The molecule has 0 bridgehead atoms. The van der Waals surface area contributed by atoms with E-state index >= 15 is 0 Å². The van der Waals surface area contributed by atoms with E-state index in [1.807, 2.05) is 49.4 Å². The van der Waals surface area contributed by atoms with Crippen molar-refractivity contribution in [2.45, 2.75) is 52.2 Å². The molecule has 0 unspecified atom stereocenters. The SMILES string of the molecule is CCC(=O)N1CCc2cc(C(=O)N[C@@H](CC(=O)OC(C)C)c3ccccc3)ccc21. The Labute approximate surface area is 177 Å². The molecule has 2 amide bonds. The molecular formula is C24H28N2O4. The Morgan fingerprint density at radius 3 is 2.50 bits per heavy atom. The average molecular weight is 408 g/mol. The highest BCUT2D eigenvalue weighted by molar-refractivity contribution is 5.98. The van der Waals surface area contributed by atoms with E-state index in [0.717, 1.165) is 23.2 Å². The second-order valence-electron chi connectivity index (χ2n) is 7.67. The number of amides is 2. The molecule has 2 aromatic carbocycles. The van der Waals surface area contributed by atoms with Gasteiger partial charge < -0.3 is 15.0 Å². The summed E-state index contributed by atoms with van der Waals surface area (Å²) in [5, 5.41) is 2.97. The van der Waals surface area contributed by atoms with Gasteiger partial charge in [-0.3, -0.25) is 14.4 Å². The van der Waals surface area contributed by atoms with Crippen LogP contribution in [-0.2, 0) is 20.7 Å². The number of rotatable bonds is 7. The van der Waals surface area contributed by atoms with Crippen LogP contribution in [0.4, 0.5) is 5.69 Å². The first kappa shape index (κ1) is 21.6. The van der Waals surface area contributed by atoms with Crippen molar-refractivity contribution >= 4 is 23.5 Å². The number of carbonyl (C=O) groups excluding carboxylic acids is 3. The van der Waals surface area contributed by atoms with Crippen LogP contribution < -0.4 is 10.2 Å². The lowest BCUT2D eigenvalue weighted by Crippen LogP contribution is -2.31. The molecule has 1 N–H and O–H groups in total. The quantitative estimate of drug-likeness (QED) is 0.707. The van der Waals surface area contributed by atoms with Gasteiger partial charge in [-0.25, -0.2) is 0 Å². The van der Waals surface area contributed by atoms with Crippen LogP contribution in [0, 0.1) is 0 Å². The zero-order valence-corrected chi connectivity index (χ0v) is 17.7. The van der Waals surface area contributed by atoms with Crippen molar-refractivity contribution in [3.05, 3.63) is 65.2 Å². The molecule has 1 heterocycles. The van der Waals surface area contributed by atoms with E-state index in [0.29, 0.717) is 18.5 Å².